The predicted molar refractivity (Wildman–Crippen MR) is 160 cm³/mol. The van der Waals surface area contributed by atoms with E-state index in [1.807, 2.05) is 48.5 Å². The summed E-state index contributed by atoms with van der Waals surface area (Å²) in [4.78, 5) is 28.2. The van der Waals surface area contributed by atoms with E-state index in [0.29, 0.717) is 24.6 Å². The number of carbonyl (C=O) groups excluding carboxylic acids is 1. The fourth-order valence-electron chi connectivity index (χ4n) is 6.41. The van der Waals surface area contributed by atoms with Crippen molar-refractivity contribution in [1.29, 1.82) is 0 Å². The van der Waals surface area contributed by atoms with Crippen LogP contribution in [0.2, 0.25) is 0 Å². The van der Waals surface area contributed by atoms with Crippen molar-refractivity contribution < 1.29 is 29.3 Å². The summed E-state index contributed by atoms with van der Waals surface area (Å²) in [5.74, 6) is -0.967. The van der Waals surface area contributed by atoms with Crippen molar-refractivity contribution >= 4 is 17.6 Å². The van der Waals surface area contributed by atoms with Crippen LogP contribution < -0.4 is 5.32 Å². The molecule has 0 unspecified atom stereocenters. The molecule has 3 N–H and O–H groups in total. The number of benzene rings is 2. The number of aliphatic carboxylic acids is 1. The smallest absolute Gasteiger partial charge is 0.303 e. The van der Waals surface area contributed by atoms with Crippen LogP contribution in [0.1, 0.15) is 86.9 Å². The number of nitrogens with zero attached hydrogens (tertiary/aromatic N) is 2. The van der Waals surface area contributed by atoms with Gasteiger partial charge in [0.1, 0.15) is 0 Å². The van der Waals surface area contributed by atoms with Crippen molar-refractivity contribution in [2.75, 3.05) is 38.0 Å². The number of aliphatic hydroxyl groups is 1. The van der Waals surface area contributed by atoms with Crippen molar-refractivity contribution in [3.63, 3.8) is 0 Å². The molecule has 0 bridgehead atoms. The van der Waals surface area contributed by atoms with Crippen molar-refractivity contribution in [2.24, 2.45) is 0 Å². The number of carbonyl (C=O) groups is 2. The summed E-state index contributed by atoms with van der Waals surface area (Å²) in [6.07, 6.45) is 6.58. The first-order valence-electron chi connectivity index (χ1n) is 15.6. The Morgan fingerprint density at radius 1 is 0.857 bits per heavy atom. The number of carboxylic acid groups (broad SMARTS) is 1. The number of ether oxygens (including phenoxy) is 2. The Bertz CT molecular complexity index is 1150. The minimum absolute atomic E-state index is 0.00984. The summed E-state index contributed by atoms with van der Waals surface area (Å²) >= 11 is 0. The monoisotopic (exact) mass is 579 g/mol. The Kier molecular flexibility index (Phi) is 11.0. The summed E-state index contributed by atoms with van der Waals surface area (Å²) in [6.45, 7) is 5.56. The van der Waals surface area contributed by atoms with Gasteiger partial charge in [0.05, 0.1) is 18.8 Å². The SMILES string of the molecule is O=C(O)CCCCC(=O)Nc1ccc([C@H]2O[C@@H](CN3CCC[C@H]3CN3CCCC3)C[C@@H](c3ccc(CO)cc3)O2)cc1. The van der Waals surface area contributed by atoms with Crippen molar-refractivity contribution in [3.05, 3.63) is 65.2 Å². The summed E-state index contributed by atoms with van der Waals surface area (Å²) in [6, 6.07) is 16.1. The normalized spacial score (nSPS) is 25.1. The zero-order chi connectivity index (χ0) is 29.3. The Morgan fingerprint density at radius 3 is 2.29 bits per heavy atom. The highest BCUT2D eigenvalue weighted by Crippen LogP contribution is 2.39. The minimum atomic E-state index is -0.841. The van der Waals surface area contributed by atoms with Crippen LogP contribution in [0.15, 0.2) is 48.5 Å². The van der Waals surface area contributed by atoms with Gasteiger partial charge in [-0.1, -0.05) is 36.4 Å². The molecule has 1 amide bonds. The molecular weight excluding hydrogens is 534 g/mol. The fourth-order valence-corrected chi connectivity index (χ4v) is 6.41. The molecule has 0 aliphatic carbocycles. The highest BCUT2D eigenvalue weighted by Gasteiger charge is 2.36. The Hall–Kier alpha value is -2.82. The molecule has 42 heavy (non-hydrogen) atoms. The average Bonchev–Trinajstić information content (AvgIpc) is 3.68. The lowest BCUT2D eigenvalue weighted by molar-refractivity contribution is -0.253. The maximum Gasteiger partial charge on any atom is 0.303 e. The van der Waals surface area contributed by atoms with Gasteiger partial charge in [-0.15, -0.1) is 0 Å². The lowest BCUT2D eigenvalue weighted by atomic mass is 9.99. The van der Waals surface area contributed by atoms with Gasteiger partial charge in [-0.05, 0) is 81.4 Å². The molecule has 0 saturated carbocycles. The van der Waals surface area contributed by atoms with E-state index in [9.17, 15) is 14.7 Å². The highest BCUT2D eigenvalue weighted by molar-refractivity contribution is 5.90. The van der Waals surface area contributed by atoms with Crippen LogP contribution in [0.3, 0.4) is 0 Å². The van der Waals surface area contributed by atoms with E-state index in [1.165, 1.54) is 38.8 Å². The summed E-state index contributed by atoms with van der Waals surface area (Å²) in [5, 5.41) is 21.2. The molecule has 9 nitrogen and oxygen atoms in total. The zero-order valence-electron chi connectivity index (χ0n) is 24.5. The second-order valence-electron chi connectivity index (χ2n) is 11.9. The number of nitrogens with one attached hydrogen (secondary N) is 1. The summed E-state index contributed by atoms with van der Waals surface area (Å²) in [7, 11) is 0. The second-order valence-corrected chi connectivity index (χ2v) is 11.9. The van der Waals surface area contributed by atoms with Crippen LogP contribution >= 0.6 is 0 Å². The molecule has 9 heteroatoms. The lowest BCUT2D eigenvalue weighted by Gasteiger charge is -2.39. The molecule has 0 radical (unpaired) electrons. The van der Waals surface area contributed by atoms with Gasteiger partial charge < -0.3 is 29.9 Å². The van der Waals surface area contributed by atoms with Crippen LogP contribution in [0.5, 0.6) is 0 Å². The molecule has 0 aromatic heterocycles. The molecule has 3 aliphatic rings. The highest BCUT2D eigenvalue weighted by atomic mass is 16.7. The lowest BCUT2D eigenvalue weighted by Crippen LogP contribution is -2.45. The molecule has 3 fully saturated rings. The number of unbranched alkanes of at least 4 members (excludes halogenated alkanes) is 1. The molecule has 3 aliphatic heterocycles. The third kappa shape index (κ3) is 8.61. The molecule has 2 aromatic carbocycles. The number of amides is 1. The topological polar surface area (TPSA) is 112 Å². The zero-order valence-corrected chi connectivity index (χ0v) is 24.5. The first kappa shape index (κ1) is 30.6. The van der Waals surface area contributed by atoms with E-state index in [1.54, 1.807) is 0 Å². The van der Waals surface area contributed by atoms with E-state index in [0.717, 1.165) is 42.7 Å². The van der Waals surface area contributed by atoms with Crippen molar-refractivity contribution in [3.8, 4) is 0 Å². The van der Waals surface area contributed by atoms with Crippen LogP contribution in [-0.4, -0.2) is 76.8 Å². The fraction of sp³-hybridized carbons (Fsp3) is 0.576. The number of hydrogen-bond acceptors (Lipinski definition) is 7. The maximum absolute atomic E-state index is 12.3. The number of likely N-dealkylation sites (tertiary alicyclic amines) is 2. The standard InChI is InChI=1S/C33H45N3O6/c37-23-24-9-11-25(12-10-24)30-20-29(22-36-19-5-6-28(36)21-35-17-3-4-18-35)41-33(42-30)26-13-15-27(16-14-26)34-31(38)7-1-2-8-32(39)40/h9-16,28-30,33,37H,1-8,17-23H2,(H,34,38)(H,39,40)/t28-,29+,30-,33-/m0/s1. The third-order valence-electron chi connectivity index (χ3n) is 8.73. The number of hydrogen-bond donors (Lipinski definition) is 3. The van der Waals surface area contributed by atoms with E-state index in [2.05, 4.69) is 15.1 Å². The largest absolute Gasteiger partial charge is 0.481 e. The minimum Gasteiger partial charge on any atom is -0.481 e. The van der Waals surface area contributed by atoms with Crippen molar-refractivity contribution in [2.45, 2.75) is 88.9 Å². The molecule has 4 atom stereocenters. The Balaban J connectivity index is 1.24. The molecule has 2 aromatic rings. The Labute approximate surface area is 248 Å². The van der Waals surface area contributed by atoms with Crippen LogP contribution in [0.4, 0.5) is 5.69 Å². The molecular formula is C33H45N3O6. The molecule has 3 saturated heterocycles. The molecule has 5 rings (SSSR count). The first-order valence-corrected chi connectivity index (χ1v) is 15.6. The summed E-state index contributed by atoms with van der Waals surface area (Å²) in [5.41, 5.74) is 3.53. The number of carboxylic acids is 1. The van der Waals surface area contributed by atoms with E-state index >= 15 is 0 Å². The predicted octanol–water partition coefficient (Wildman–Crippen LogP) is 4.87. The number of anilines is 1. The van der Waals surface area contributed by atoms with Crippen LogP contribution in [0, 0.1) is 0 Å². The van der Waals surface area contributed by atoms with Gasteiger partial charge in [0.15, 0.2) is 6.29 Å². The van der Waals surface area contributed by atoms with Gasteiger partial charge in [-0.2, -0.15) is 0 Å². The van der Waals surface area contributed by atoms with Gasteiger partial charge in [0, 0.05) is 49.6 Å². The van der Waals surface area contributed by atoms with Crippen molar-refractivity contribution in [1.82, 2.24) is 9.80 Å². The Morgan fingerprint density at radius 2 is 1.57 bits per heavy atom. The molecule has 3 heterocycles. The van der Waals surface area contributed by atoms with Crippen LogP contribution in [0.25, 0.3) is 0 Å². The molecule has 0 spiro atoms. The maximum atomic E-state index is 12.3. The molecule has 228 valence electrons. The van der Waals surface area contributed by atoms with Gasteiger partial charge in [-0.3, -0.25) is 14.5 Å². The average molecular weight is 580 g/mol. The third-order valence-corrected chi connectivity index (χ3v) is 8.73. The van der Waals surface area contributed by atoms with E-state index in [-0.39, 0.29) is 37.6 Å². The summed E-state index contributed by atoms with van der Waals surface area (Å²) < 4.78 is 13.1. The van der Waals surface area contributed by atoms with Crippen LogP contribution in [-0.2, 0) is 25.7 Å². The van der Waals surface area contributed by atoms with Gasteiger partial charge in [0.25, 0.3) is 0 Å². The van der Waals surface area contributed by atoms with E-state index < -0.39 is 12.3 Å². The van der Waals surface area contributed by atoms with Gasteiger partial charge in [0.2, 0.25) is 5.91 Å². The number of aliphatic hydroxyl groups excluding tert-OH is 1. The van der Waals surface area contributed by atoms with E-state index in [4.69, 9.17) is 14.6 Å². The van der Waals surface area contributed by atoms with Gasteiger partial charge >= 0.3 is 5.97 Å². The second kappa shape index (κ2) is 15.1. The first-order chi connectivity index (χ1) is 20.5. The van der Waals surface area contributed by atoms with Gasteiger partial charge in [-0.25, -0.2) is 0 Å². The number of rotatable bonds is 13. The quantitative estimate of drug-likeness (QED) is 0.288.